The van der Waals surface area contributed by atoms with Crippen LogP contribution < -0.4 is 4.90 Å². The number of rotatable bonds is 3. The van der Waals surface area contributed by atoms with Gasteiger partial charge in [0.05, 0.1) is 5.69 Å². The fourth-order valence-electron chi connectivity index (χ4n) is 8.58. The van der Waals surface area contributed by atoms with E-state index in [0.717, 1.165) is 28.0 Å². The van der Waals surface area contributed by atoms with E-state index >= 15 is 0 Å². The Morgan fingerprint density at radius 2 is 1.04 bits per heavy atom. The molecule has 5 aromatic carbocycles. The number of hydrogen-bond donors (Lipinski definition) is 10. The molecule has 1 atom stereocenters. The first-order valence-corrected chi connectivity index (χ1v) is 16.3. The Morgan fingerprint density at radius 3 is 1.59 bits per heavy atom. The number of phenolic OH excluding ortho intramolecular Hbond substituents is 10. The van der Waals surface area contributed by atoms with Crippen LogP contribution in [0.1, 0.15) is 56.4 Å². The zero-order chi connectivity index (χ0) is 36.6. The Balaban J connectivity index is 1.48. The number of allylic oxidation sites excluding steroid dienone is 4. The number of aromatic hydroxyl groups is 10. The van der Waals surface area contributed by atoms with Crippen LogP contribution in [-0.2, 0) is 10.8 Å². The van der Waals surface area contributed by atoms with E-state index in [0.29, 0.717) is 10.8 Å². The highest BCUT2D eigenvalue weighted by atomic mass is 16.4. The second-order valence-electron chi connectivity index (χ2n) is 14.5. The molecule has 11 heteroatoms. The van der Waals surface area contributed by atoms with Crippen molar-refractivity contribution in [3.05, 3.63) is 88.5 Å². The molecular formula is C40H35NO10. The number of fused-ring (bicyclic) bond motifs is 7. The molecule has 0 amide bonds. The minimum absolute atomic E-state index is 0.00699. The second-order valence-corrected chi connectivity index (χ2v) is 14.5. The minimum Gasteiger partial charge on any atom is -0.503 e. The maximum atomic E-state index is 11.2. The van der Waals surface area contributed by atoms with Crippen LogP contribution in [0, 0.1) is 5.92 Å². The molecule has 0 spiro atoms. The maximum Gasteiger partial charge on any atom is 0.208 e. The summed E-state index contributed by atoms with van der Waals surface area (Å²) in [6, 6.07) is 17.3. The van der Waals surface area contributed by atoms with Gasteiger partial charge in [0.15, 0.2) is 23.0 Å². The van der Waals surface area contributed by atoms with Gasteiger partial charge in [0.2, 0.25) is 34.5 Å². The minimum atomic E-state index is -1.25. The number of benzene rings is 5. The highest BCUT2D eigenvalue weighted by molar-refractivity contribution is 6.10. The standard InChI is InChI=1S/C40H35NO10/c1-39(2)21-12-8-7-9-16(21)19-13-23-20(14-22(19)39)26-18-11-6-5-10-17(18)25(15-24(26)40(23,3)4)41(27-29(42)33(46)37(50)34(47)30(27)43)28-31(44)35(48)38(51)36(49)32(28)45/h5-12,14-15,23,42-51H,13H2,1-4H3. The molecule has 0 radical (unpaired) electrons. The zero-order valence-electron chi connectivity index (χ0n) is 28.0. The first kappa shape index (κ1) is 31.9. The molecule has 11 nitrogen and oxygen atoms in total. The van der Waals surface area contributed by atoms with Crippen molar-refractivity contribution in [2.24, 2.45) is 5.92 Å². The van der Waals surface area contributed by atoms with E-state index in [9.17, 15) is 51.1 Å². The maximum absolute atomic E-state index is 11.2. The second kappa shape index (κ2) is 10.1. The third-order valence-electron chi connectivity index (χ3n) is 11.3. The van der Waals surface area contributed by atoms with Gasteiger partial charge < -0.3 is 51.1 Å². The predicted octanol–water partition coefficient (Wildman–Crippen LogP) is 7.81. The molecular weight excluding hydrogens is 654 g/mol. The summed E-state index contributed by atoms with van der Waals surface area (Å²) in [6.45, 7) is 8.62. The molecule has 0 heterocycles. The third-order valence-corrected chi connectivity index (χ3v) is 11.3. The van der Waals surface area contributed by atoms with E-state index < -0.39 is 74.3 Å². The molecule has 0 aromatic heterocycles. The summed E-state index contributed by atoms with van der Waals surface area (Å²) >= 11 is 0. The molecule has 3 aliphatic rings. The van der Waals surface area contributed by atoms with Gasteiger partial charge in [-0.2, -0.15) is 0 Å². The molecule has 8 rings (SSSR count). The molecule has 1 unspecified atom stereocenters. The lowest BCUT2D eigenvalue weighted by atomic mass is 9.70. The molecule has 260 valence electrons. The number of phenols is 10. The Kier molecular flexibility index (Phi) is 6.31. The Labute approximate surface area is 291 Å². The number of anilines is 3. The van der Waals surface area contributed by atoms with Gasteiger partial charge in [-0.15, -0.1) is 0 Å². The van der Waals surface area contributed by atoms with Crippen LogP contribution in [0.2, 0.25) is 0 Å². The lowest BCUT2D eigenvalue weighted by Gasteiger charge is -2.34. The van der Waals surface area contributed by atoms with Crippen LogP contribution in [0.3, 0.4) is 0 Å². The molecule has 0 aliphatic heterocycles. The van der Waals surface area contributed by atoms with Crippen molar-refractivity contribution in [3.63, 3.8) is 0 Å². The first-order valence-electron chi connectivity index (χ1n) is 16.3. The van der Waals surface area contributed by atoms with Gasteiger partial charge >= 0.3 is 0 Å². The van der Waals surface area contributed by atoms with Gasteiger partial charge in [0.1, 0.15) is 11.4 Å². The van der Waals surface area contributed by atoms with Crippen LogP contribution in [0.25, 0.3) is 21.9 Å². The molecule has 0 saturated heterocycles. The summed E-state index contributed by atoms with van der Waals surface area (Å²) in [5.41, 5.74) is 5.39. The van der Waals surface area contributed by atoms with Gasteiger partial charge in [-0.3, -0.25) is 4.90 Å². The summed E-state index contributed by atoms with van der Waals surface area (Å²) in [5, 5.41) is 109. The zero-order valence-corrected chi connectivity index (χ0v) is 28.0. The topological polar surface area (TPSA) is 206 Å². The molecule has 5 aromatic rings. The fourth-order valence-corrected chi connectivity index (χ4v) is 8.58. The van der Waals surface area contributed by atoms with Crippen LogP contribution in [0.5, 0.6) is 57.5 Å². The van der Waals surface area contributed by atoms with E-state index in [2.05, 4.69) is 52.0 Å². The average Bonchev–Trinajstić information content (AvgIpc) is 3.48. The highest BCUT2D eigenvalue weighted by Crippen LogP contribution is 2.66. The smallest absolute Gasteiger partial charge is 0.208 e. The van der Waals surface area contributed by atoms with E-state index in [1.165, 1.54) is 22.3 Å². The molecule has 0 saturated carbocycles. The Bertz CT molecular complexity index is 2350. The van der Waals surface area contributed by atoms with E-state index in [1.807, 2.05) is 18.2 Å². The van der Waals surface area contributed by atoms with Gasteiger partial charge in [-0.1, -0.05) is 82.3 Å². The summed E-state index contributed by atoms with van der Waals surface area (Å²) in [7, 11) is 0. The molecule has 3 aliphatic carbocycles. The average molecular weight is 690 g/mol. The molecule has 0 bridgehead atoms. The van der Waals surface area contributed by atoms with Crippen molar-refractivity contribution in [1.82, 2.24) is 0 Å². The van der Waals surface area contributed by atoms with Crippen molar-refractivity contribution < 1.29 is 51.1 Å². The van der Waals surface area contributed by atoms with Crippen LogP contribution in [0.4, 0.5) is 17.1 Å². The summed E-state index contributed by atoms with van der Waals surface area (Å²) in [4.78, 5) is 0.833. The van der Waals surface area contributed by atoms with Gasteiger partial charge in [-0.05, 0) is 68.2 Å². The van der Waals surface area contributed by atoms with E-state index in [1.54, 1.807) is 18.2 Å². The molecule has 51 heavy (non-hydrogen) atoms. The van der Waals surface area contributed by atoms with Crippen molar-refractivity contribution in [1.29, 1.82) is 0 Å². The van der Waals surface area contributed by atoms with Crippen LogP contribution in [-0.4, -0.2) is 51.1 Å². The Morgan fingerprint density at radius 1 is 0.569 bits per heavy atom. The number of nitrogens with zero attached hydrogens (tertiary/aromatic N) is 1. The monoisotopic (exact) mass is 689 g/mol. The first-order chi connectivity index (χ1) is 24.0. The lowest BCUT2D eigenvalue weighted by molar-refractivity contribution is 0.327. The van der Waals surface area contributed by atoms with Gasteiger partial charge in [-0.25, -0.2) is 0 Å². The van der Waals surface area contributed by atoms with Crippen LogP contribution >= 0.6 is 0 Å². The predicted molar refractivity (Wildman–Crippen MR) is 191 cm³/mol. The normalized spacial score (nSPS) is 17.9. The van der Waals surface area contributed by atoms with Crippen molar-refractivity contribution >= 4 is 39.0 Å². The van der Waals surface area contributed by atoms with Crippen LogP contribution in [0.15, 0.2) is 66.2 Å². The lowest BCUT2D eigenvalue weighted by Crippen LogP contribution is -2.26. The summed E-state index contributed by atoms with van der Waals surface area (Å²) in [6.07, 6.45) is 3.02. The fraction of sp³-hybridized carbons (Fsp3) is 0.200. The largest absolute Gasteiger partial charge is 0.503 e. The number of hydrogen-bond acceptors (Lipinski definition) is 11. The SMILES string of the molecule is CC1(C)C2=C(CC3C(=C2)c2c(cc(N(c4c(O)c(O)c(O)c(O)c4O)c4c(O)c(O)c(O)c(O)c4O)c4ccccc24)C3(C)C)c2ccccc21. The van der Waals surface area contributed by atoms with E-state index in [4.69, 9.17) is 0 Å². The third kappa shape index (κ3) is 3.88. The highest BCUT2D eigenvalue weighted by Gasteiger charge is 2.50. The quantitative estimate of drug-likeness (QED) is 0.0653. The summed E-state index contributed by atoms with van der Waals surface area (Å²) < 4.78 is 0. The molecule has 0 fully saturated rings. The Hall–Kier alpha value is -6.36. The van der Waals surface area contributed by atoms with E-state index in [-0.39, 0.29) is 17.0 Å². The molecule has 10 N–H and O–H groups in total. The summed E-state index contributed by atoms with van der Waals surface area (Å²) in [5.74, 6) is -12.2. The van der Waals surface area contributed by atoms with Crippen molar-refractivity contribution in [2.45, 2.75) is 44.9 Å². The van der Waals surface area contributed by atoms with Gasteiger partial charge in [0, 0.05) is 10.8 Å². The van der Waals surface area contributed by atoms with Gasteiger partial charge in [0.25, 0.3) is 0 Å². The van der Waals surface area contributed by atoms with Crippen molar-refractivity contribution in [2.75, 3.05) is 4.90 Å². The van der Waals surface area contributed by atoms with Crippen molar-refractivity contribution in [3.8, 4) is 57.5 Å².